The molecule has 0 bridgehead atoms. The van der Waals surface area contributed by atoms with E-state index in [-0.39, 0.29) is 17.3 Å². The average Bonchev–Trinajstić information content (AvgIpc) is 2.83. The Labute approximate surface area is 200 Å². The molecule has 0 saturated heterocycles. The zero-order valence-electron chi connectivity index (χ0n) is 18.4. The quantitative estimate of drug-likeness (QED) is 0.399. The molecule has 0 fully saturated rings. The predicted molar refractivity (Wildman–Crippen MR) is 131 cm³/mol. The van der Waals surface area contributed by atoms with E-state index in [1.807, 2.05) is 31.2 Å². The summed E-state index contributed by atoms with van der Waals surface area (Å²) in [6.07, 6.45) is 1.40. The topological polar surface area (TPSA) is 75.7 Å². The lowest BCUT2D eigenvalue weighted by Gasteiger charge is -2.24. The highest BCUT2D eigenvalue weighted by Gasteiger charge is 2.27. The van der Waals surface area contributed by atoms with Crippen molar-refractivity contribution < 1.29 is 17.9 Å². The minimum atomic E-state index is -3.94. The minimum Gasteiger partial charge on any atom is -0.494 e. The lowest BCUT2D eigenvalue weighted by Crippen LogP contribution is -2.41. The first-order chi connectivity index (χ1) is 15.9. The van der Waals surface area contributed by atoms with Crippen molar-refractivity contribution in [2.45, 2.75) is 24.7 Å². The summed E-state index contributed by atoms with van der Waals surface area (Å²) in [6.45, 7) is 2.45. The van der Waals surface area contributed by atoms with Gasteiger partial charge in [0, 0.05) is 11.6 Å². The van der Waals surface area contributed by atoms with Crippen LogP contribution in [0, 0.1) is 0 Å². The Kier molecular flexibility index (Phi) is 8.74. The molecule has 0 atom stereocenters. The van der Waals surface area contributed by atoms with Gasteiger partial charge < -0.3 is 10.1 Å². The van der Waals surface area contributed by atoms with Gasteiger partial charge in [-0.2, -0.15) is 0 Å². The summed E-state index contributed by atoms with van der Waals surface area (Å²) in [5, 5.41) is 3.51. The van der Waals surface area contributed by atoms with Crippen molar-refractivity contribution in [2.24, 2.45) is 0 Å². The summed E-state index contributed by atoms with van der Waals surface area (Å²) in [7, 11) is -3.94. The Balaban J connectivity index is 1.71. The summed E-state index contributed by atoms with van der Waals surface area (Å²) in [6, 6.07) is 22.3. The molecular weight excluding hydrogens is 460 g/mol. The van der Waals surface area contributed by atoms with E-state index in [4.69, 9.17) is 16.3 Å². The van der Waals surface area contributed by atoms with Crippen LogP contribution in [0.2, 0.25) is 5.02 Å². The van der Waals surface area contributed by atoms with Crippen molar-refractivity contribution in [3.63, 3.8) is 0 Å². The molecule has 0 aliphatic heterocycles. The fourth-order valence-electron chi connectivity index (χ4n) is 3.30. The van der Waals surface area contributed by atoms with Crippen molar-refractivity contribution >= 4 is 33.2 Å². The largest absolute Gasteiger partial charge is 0.494 e. The van der Waals surface area contributed by atoms with Crippen LogP contribution in [0.25, 0.3) is 0 Å². The van der Waals surface area contributed by atoms with Crippen LogP contribution in [-0.4, -0.2) is 34.0 Å². The van der Waals surface area contributed by atoms with Gasteiger partial charge in [-0.25, -0.2) is 8.42 Å². The molecule has 174 valence electrons. The van der Waals surface area contributed by atoms with Crippen molar-refractivity contribution in [2.75, 3.05) is 24.0 Å². The average molecular weight is 487 g/mol. The first-order valence-corrected chi connectivity index (χ1v) is 12.5. The standard InChI is InChI=1S/C25H27ClN2O4S/c1-2-32-22-16-14-21(15-17-22)28(33(30,31)23-11-4-3-5-12-23)19-25(29)27-18-8-10-20-9-6-7-13-24(20)26/h3-7,9,11-17H,2,8,10,18-19H2,1H3,(H,27,29). The number of amides is 1. The normalized spacial score (nSPS) is 11.1. The number of hydrogen-bond donors (Lipinski definition) is 1. The number of benzene rings is 3. The molecular formula is C25H27ClN2O4S. The molecule has 3 aromatic carbocycles. The molecule has 3 aromatic rings. The third kappa shape index (κ3) is 6.73. The number of ether oxygens (including phenoxy) is 1. The van der Waals surface area contributed by atoms with Gasteiger partial charge in [0.05, 0.1) is 17.2 Å². The third-order valence-electron chi connectivity index (χ3n) is 4.96. The van der Waals surface area contributed by atoms with Gasteiger partial charge in [0.15, 0.2) is 0 Å². The second-order valence-corrected chi connectivity index (χ2v) is 9.57. The second kappa shape index (κ2) is 11.7. The number of nitrogens with one attached hydrogen (secondary N) is 1. The highest BCUT2D eigenvalue weighted by atomic mass is 35.5. The van der Waals surface area contributed by atoms with E-state index in [0.29, 0.717) is 42.5 Å². The summed E-state index contributed by atoms with van der Waals surface area (Å²) in [5.41, 5.74) is 1.39. The maximum atomic E-state index is 13.3. The Bertz CT molecular complexity index is 1150. The van der Waals surface area contributed by atoms with Crippen LogP contribution in [-0.2, 0) is 21.2 Å². The number of hydrogen-bond acceptors (Lipinski definition) is 4. The smallest absolute Gasteiger partial charge is 0.264 e. The Morgan fingerprint density at radius 3 is 2.30 bits per heavy atom. The first-order valence-electron chi connectivity index (χ1n) is 10.7. The van der Waals surface area contributed by atoms with Gasteiger partial charge in [-0.15, -0.1) is 0 Å². The SMILES string of the molecule is CCOc1ccc(N(CC(=O)NCCCc2ccccc2Cl)S(=O)(=O)c2ccccc2)cc1. The molecule has 0 spiro atoms. The van der Waals surface area contributed by atoms with Gasteiger partial charge in [-0.05, 0) is 67.8 Å². The fraction of sp³-hybridized carbons (Fsp3) is 0.240. The number of anilines is 1. The Morgan fingerprint density at radius 1 is 0.970 bits per heavy atom. The molecule has 0 radical (unpaired) electrons. The van der Waals surface area contributed by atoms with E-state index in [2.05, 4.69) is 5.32 Å². The number of nitrogens with zero attached hydrogens (tertiary/aromatic N) is 1. The molecule has 0 aliphatic carbocycles. The van der Waals surface area contributed by atoms with Crippen LogP contribution >= 0.6 is 11.6 Å². The minimum absolute atomic E-state index is 0.116. The lowest BCUT2D eigenvalue weighted by atomic mass is 10.1. The first kappa shape index (κ1) is 24.6. The summed E-state index contributed by atoms with van der Waals surface area (Å²) >= 11 is 6.17. The van der Waals surface area contributed by atoms with Gasteiger partial charge in [0.25, 0.3) is 10.0 Å². The van der Waals surface area contributed by atoms with Crippen LogP contribution in [0.3, 0.4) is 0 Å². The van der Waals surface area contributed by atoms with Crippen molar-refractivity contribution in [1.82, 2.24) is 5.32 Å². The summed E-state index contributed by atoms with van der Waals surface area (Å²) < 4.78 is 33.2. The number of carbonyl (C=O) groups excluding carboxylic acids is 1. The highest BCUT2D eigenvalue weighted by Crippen LogP contribution is 2.25. The van der Waals surface area contributed by atoms with Crippen molar-refractivity contribution in [3.05, 3.63) is 89.4 Å². The third-order valence-corrected chi connectivity index (χ3v) is 7.11. The Morgan fingerprint density at radius 2 is 1.64 bits per heavy atom. The monoisotopic (exact) mass is 486 g/mol. The van der Waals surface area contributed by atoms with Gasteiger partial charge in [-0.1, -0.05) is 48.0 Å². The number of halogens is 1. The highest BCUT2D eigenvalue weighted by molar-refractivity contribution is 7.92. The van der Waals surface area contributed by atoms with Crippen LogP contribution < -0.4 is 14.4 Å². The van der Waals surface area contributed by atoms with Gasteiger partial charge >= 0.3 is 0 Å². The molecule has 6 nitrogen and oxygen atoms in total. The second-order valence-electron chi connectivity index (χ2n) is 7.30. The Hall–Kier alpha value is -3.03. The molecule has 0 aromatic heterocycles. The van der Waals surface area contributed by atoms with E-state index in [0.717, 1.165) is 9.87 Å². The molecule has 0 heterocycles. The van der Waals surface area contributed by atoms with E-state index in [9.17, 15) is 13.2 Å². The van der Waals surface area contributed by atoms with Crippen molar-refractivity contribution in [3.8, 4) is 5.75 Å². The van der Waals surface area contributed by atoms with Crippen LogP contribution in [0.4, 0.5) is 5.69 Å². The van der Waals surface area contributed by atoms with E-state index in [1.165, 1.54) is 12.1 Å². The molecule has 3 rings (SSSR count). The molecule has 1 N–H and O–H groups in total. The molecule has 0 saturated carbocycles. The van der Waals surface area contributed by atoms with E-state index in [1.54, 1.807) is 42.5 Å². The molecule has 33 heavy (non-hydrogen) atoms. The van der Waals surface area contributed by atoms with E-state index < -0.39 is 10.0 Å². The van der Waals surface area contributed by atoms with Crippen LogP contribution in [0.1, 0.15) is 18.9 Å². The predicted octanol–water partition coefficient (Wildman–Crippen LogP) is 4.68. The number of aryl methyl sites for hydroxylation is 1. The van der Waals surface area contributed by atoms with Crippen LogP contribution in [0.15, 0.2) is 83.8 Å². The molecule has 8 heteroatoms. The molecule has 1 amide bonds. The summed E-state index contributed by atoms with van der Waals surface area (Å²) in [5.74, 6) is 0.241. The van der Waals surface area contributed by atoms with Gasteiger partial charge in [0.2, 0.25) is 5.91 Å². The number of carbonyl (C=O) groups is 1. The maximum absolute atomic E-state index is 13.3. The lowest BCUT2D eigenvalue weighted by molar-refractivity contribution is -0.119. The molecule has 0 aliphatic rings. The zero-order chi connectivity index (χ0) is 23.7. The van der Waals surface area contributed by atoms with E-state index >= 15 is 0 Å². The zero-order valence-corrected chi connectivity index (χ0v) is 20.0. The van der Waals surface area contributed by atoms with Gasteiger partial charge in [0.1, 0.15) is 12.3 Å². The molecule has 0 unspecified atom stereocenters. The number of sulfonamides is 1. The summed E-state index contributed by atoms with van der Waals surface area (Å²) in [4.78, 5) is 12.8. The maximum Gasteiger partial charge on any atom is 0.264 e. The van der Waals surface area contributed by atoms with Crippen molar-refractivity contribution in [1.29, 1.82) is 0 Å². The van der Waals surface area contributed by atoms with Gasteiger partial charge in [-0.3, -0.25) is 9.10 Å². The fourth-order valence-corrected chi connectivity index (χ4v) is 4.98. The number of rotatable bonds is 11. The van der Waals surface area contributed by atoms with Crippen LogP contribution in [0.5, 0.6) is 5.75 Å².